The maximum absolute atomic E-state index is 4.77. The molecule has 0 fully saturated rings. The molecule has 5 aromatic rings. The highest BCUT2D eigenvalue weighted by Crippen LogP contribution is 2.32. The van der Waals surface area contributed by atoms with E-state index in [1.54, 1.807) is 0 Å². The summed E-state index contributed by atoms with van der Waals surface area (Å²) in [4.78, 5) is 4.77. The molecule has 0 aliphatic rings. The van der Waals surface area contributed by atoms with Gasteiger partial charge in [0, 0.05) is 11.6 Å². The van der Waals surface area contributed by atoms with Gasteiger partial charge in [-0.15, -0.1) is 0 Å². The number of nitrogens with zero attached hydrogens (tertiary/aromatic N) is 3. The molecule has 27 heavy (non-hydrogen) atoms. The van der Waals surface area contributed by atoms with E-state index in [-0.39, 0.29) is 0 Å². The Bertz CT molecular complexity index is 1360. The number of rotatable bonds is 2. The van der Waals surface area contributed by atoms with E-state index in [1.165, 1.54) is 49.7 Å². The molecule has 0 radical (unpaired) electrons. The van der Waals surface area contributed by atoms with Crippen LogP contribution in [0.3, 0.4) is 0 Å². The number of aryl methyl sites for hydroxylation is 4. The Kier molecular flexibility index (Phi) is 3.48. The molecule has 0 amide bonds. The maximum Gasteiger partial charge on any atom is 0.297 e. The van der Waals surface area contributed by atoms with E-state index in [1.807, 2.05) is 6.20 Å². The number of pyridine rings is 2. The average molecular weight is 354 g/mol. The monoisotopic (exact) mass is 354 g/mol. The number of imidazole rings is 1. The first-order chi connectivity index (χ1) is 13.2. The second-order valence-corrected chi connectivity index (χ2v) is 7.40. The van der Waals surface area contributed by atoms with Crippen molar-refractivity contribution in [1.29, 1.82) is 0 Å². The normalized spacial score (nSPS) is 12.0. The fraction of sp³-hybridized carbons (Fsp3) is 0.250. The Balaban J connectivity index is 2.17. The van der Waals surface area contributed by atoms with Crippen LogP contribution in [0, 0.1) is 6.92 Å². The van der Waals surface area contributed by atoms with Gasteiger partial charge in [-0.25, -0.2) is 4.57 Å². The number of para-hydroxylation sites is 1. The number of hydrogen-bond donors (Lipinski definition) is 0. The molecule has 0 atom stereocenters. The van der Waals surface area contributed by atoms with Crippen LogP contribution in [0.1, 0.15) is 30.5 Å². The third kappa shape index (κ3) is 2.08. The van der Waals surface area contributed by atoms with Gasteiger partial charge in [0.25, 0.3) is 5.65 Å². The molecule has 2 aromatic carbocycles. The van der Waals surface area contributed by atoms with E-state index in [0.29, 0.717) is 0 Å². The molecule has 134 valence electrons. The van der Waals surface area contributed by atoms with Gasteiger partial charge < -0.3 is 0 Å². The Morgan fingerprint density at radius 3 is 2.48 bits per heavy atom. The molecule has 0 saturated carbocycles. The quantitative estimate of drug-likeness (QED) is 0.321. The molecule has 3 heterocycles. The van der Waals surface area contributed by atoms with Crippen LogP contribution in [0.5, 0.6) is 0 Å². The smallest absolute Gasteiger partial charge is 0.255 e. The van der Waals surface area contributed by atoms with Crippen molar-refractivity contribution in [1.82, 2.24) is 9.38 Å². The number of benzene rings is 2. The zero-order chi connectivity index (χ0) is 18.7. The molecule has 3 aromatic heterocycles. The first-order valence-corrected chi connectivity index (χ1v) is 9.77. The Morgan fingerprint density at radius 1 is 0.963 bits per heavy atom. The fourth-order valence-electron chi connectivity index (χ4n) is 4.58. The molecule has 3 nitrogen and oxygen atoms in total. The van der Waals surface area contributed by atoms with Gasteiger partial charge in [0.1, 0.15) is 5.52 Å². The molecule has 0 spiro atoms. The zero-order valence-corrected chi connectivity index (χ0v) is 16.4. The topological polar surface area (TPSA) is 21.2 Å². The van der Waals surface area contributed by atoms with Gasteiger partial charge in [-0.05, 0) is 66.8 Å². The summed E-state index contributed by atoms with van der Waals surface area (Å²) in [5.41, 5.74) is 10.2. The molecular formula is C24H24N3+. The van der Waals surface area contributed by atoms with Crippen molar-refractivity contribution in [2.24, 2.45) is 7.05 Å². The lowest BCUT2D eigenvalue weighted by molar-refractivity contribution is -0.617. The summed E-state index contributed by atoms with van der Waals surface area (Å²) in [5.74, 6) is 0. The van der Waals surface area contributed by atoms with Gasteiger partial charge in [-0.2, -0.15) is 4.40 Å². The van der Waals surface area contributed by atoms with E-state index >= 15 is 0 Å². The molecule has 0 bridgehead atoms. The van der Waals surface area contributed by atoms with Gasteiger partial charge in [-0.1, -0.05) is 26.0 Å². The fourth-order valence-corrected chi connectivity index (χ4v) is 4.58. The van der Waals surface area contributed by atoms with Crippen molar-refractivity contribution in [3.05, 3.63) is 65.4 Å². The van der Waals surface area contributed by atoms with E-state index in [2.05, 4.69) is 79.3 Å². The van der Waals surface area contributed by atoms with Crippen molar-refractivity contribution in [2.75, 3.05) is 0 Å². The second kappa shape index (κ2) is 5.78. The summed E-state index contributed by atoms with van der Waals surface area (Å²) in [7, 11) is 2.18. The molecule has 0 aliphatic carbocycles. The summed E-state index contributed by atoms with van der Waals surface area (Å²) >= 11 is 0. The predicted octanol–water partition coefficient (Wildman–Crippen LogP) is 5.05. The SMILES string of the molecule is CCc1cc2c(cc1CC)[n+](C)c1c3c(C)ccnc3c3ccccc3n21. The van der Waals surface area contributed by atoms with Gasteiger partial charge in [0.15, 0.2) is 11.0 Å². The van der Waals surface area contributed by atoms with Crippen LogP contribution in [-0.4, -0.2) is 9.38 Å². The van der Waals surface area contributed by atoms with Crippen molar-refractivity contribution in [3.8, 4) is 0 Å². The van der Waals surface area contributed by atoms with Gasteiger partial charge in [0.05, 0.1) is 18.0 Å². The zero-order valence-electron chi connectivity index (χ0n) is 16.4. The highest BCUT2D eigenvalue weighted by molar-refractivity contribution is 6.11. The molecule has 0 aliphatic heterocycles. The number of fused-ring (bicyclic) bond motifs is 8. The van der Waals surface area contributed by atoms with Crippen LogP contribution >= 0.6 is 0 Å². The highest BCUT2D eigenvalue weighted by atomic mass is 15.1. The van der Waals surface area contributed by atoms with Crippen LogP contribution in [0.2, 0.25) is 0 Å². The summed E-state index contributed by atoms with van der Waals surface area (Å²) in [6, 6.07) is 15.5. The Labute approximate surface area is 158 Å². The van der Waals surface area contributed by atoms with Crippen LogP contribution in [0.25, 0.3) is 38.5 Å². The maximum atomic E-state index is 4.77. The molecule has 0 saturated heterocycles. The van der Waals surface area contributed by atoms with E-state index in [9.17, 15) is 0 Å². The standard InChI is InChI=1S/C24H24N3/c1-5-16-13-20-21(14-17(16)6-2)27-19-10-8-7-9-18(19)23-22(24(27)26(20)4)15(3)11-12-25-23/h7-14H,5-6H2,1-4H3/q+1. The van der Waals surface area contributed by atoms with Crippen molar-refractivity contribution >= 4 is 38.5 Å². The average Bonchev–Trinajstić information content (AvgIpc) is 2.99. The molecule has 5 rings (SSSR count). The van der Waals surface area contributed by atoms with Crippen molar-refractivity contribution in [3.63, 3.8) is 0 Å². The van der Waals surface area contributed by atoms with Crippen LogP contribution in [0.4, 0.5) is 0 Å². The largest absolute Gasteiger partial charge is 0.297 e. The third-order valence-electron chi connectivity index (χ3n) is 5.97. The minimum Gasteiger partial charge on any atom is -0.255 e. The lowest BCUT2D eigenvalue weighted by atomic mass is 10.0. The molecule has 0 unspecified atom stereocenters. The van der Waals surface area contributed by atoms with Gasteiger partial charge >= 0.3 is 0 Å². The highest BCUT2D eigenvalue weighted by Gasteiger charge is 2.25. The minimum absolute atomic E-state index is 1.06. The Morgan fingerprint density at radius 2 is 1.70 bits per heavy atom. The first-order valence-electron chi connectivity index (χ1n) is 9.77. The summed E-state index contributed by atoms with van der Waals surface area (Å²) in [6.45, 7) is 6.68. The summed E-state index contributed by atoms with van der Waals surface area (Å²) < 4.78 is 4.78. The summed E-state index contributed by atoms with van der Waals surface area (Å²) in [5, 5.41) is 2.45. The summed E-state index contributed by atoms with van der Waals surface area (Å²) in [6.07, 6.45) is 4.04. The number of aromatic nitrogens is 3. The second-order valence-electron chi connectivity index (χ2n) is 7.40. The molecular weight excluding hydrogens is 330 g/mol. The number of hydrogen-bond acceptors (Lipinski definition) is 1. The van der Waals surface area contributed by atoms with Crippen LogP contribution in [0.15, 0.2) is 48.7 Å². The predicted molar refractivity (Wildman–Crippen MR) is 112 cm³/mol. The minimum atomic E-state index is 1.06. The van der Waals surface area contributed by atoms with E-state index in [0.717, 1.165) is 18.4 Å². The van der Waals surface area contributed by atoms with Gasteiger partial charge in [0.2, 0.25) is 0 Å². The van der Waals surface area contributed by atoms with E-state index in [4.69, 9.17) is 4.98 Å². The lowest BCUT2D eigenvalue weighted by Gasteiger charge is -2.06. The third-order valence-corrected chi connectivity index (χ3v) is 5.97. The molecule has 3 heteroatoms. The lowest BCUT2D eigenvalue weighted by Crippen LogP contribution is -2.27. The van der Waals surface area contributed by atoms with Crippen molar-refractivity contribution in [2.45, 2.75) is 33.6 Å². The van der Waals surface area contributed by atoms with Crippen LogP contribution < -0.4 is 4.57 Å². The first kappa shape index (κ1) is 16.2. The van der Waals surface area contributed by atoms with Gasteiger partial charge in [-0.3, -0.25) is 4.98 Å². The Hall–Kier alpha value is -2.94. The van der Waals surface area contributed by atoms with E-state index < -0.39 is 0 Å². The van der Waals surface area contributed by atoms with Crippen molar-refractivity contribution < 1.29 is 4.57 Å². The van der Waals surface area contributed by atoms with Crippen LogP contribution in [-0.2, 0) is 19.9 Å². The molecule has 0 N–H and O–H groups in total.